The van der Waals surface area contributed by atoms with Crippen LogP contribution in [0.2, 0.25) is 0 Å². The van der Waals surface area contributed by atoms with Crippen LogP contribution in [0.15, 0.2) is 11.3 Å². The number of hydrogen-bond acceptors (Lipinski definition) is 1. The summed E-state index contributed by atoms with van der Waals surface area (Å²) in [5.74, 6) is 1.73. The minimum Gasteiger partial charge on any atom is -0.491 e. The molecule has 1 saturated carbocycles. The lowest BCUT2D eigenvalue weighted by molar-refractivity contribution is 0.0171. The molecular formula is C15H23Br2ClO. The van der Waals surface area contributed by atoms with Crippen LogP contribution in [-0.2, 0) is 4.74 Å². The van der Waals surface area contributed by atoms with Gasteiger partial charge in [-0.2, -0.15) is 0 Å². The van der Waals surface area contributed by atoms with Crippen LogP contribution in [0.25, 0.3) is 0 Å². The molecule has 2 rings (SSSR count). The van der Waals surface area contributed by atoms with Crippen molar-refractivity contribution >= 4 is 43.5 Å². The van der Waals surface area contributed by atoms with Gasteiger partial charge in [-0.3, -0.25) is 0 Å². The Balaban J connectivity index is 2.15. The van der Waals surface area contributed by atoms with E-state index < -0.39 is 0 Å². The van der Waals surface area contributed by atoms with E-state index in [0.717, 1.165) is 31.4 Å². The summed E-state index contributed by atoms with van der Waals surface area (Å²) in [7, 11) is 0. The van der Waals surface area contributed by atoms with Crippen LogP contribution in [0.1, 0.15) is 53.4 Å². The van der Waals surface area contributed by atoms with E-state index in [1.165, 1.54) is 5.57 Å². The molecule has 0 radical (unpaired) electrons. The van der Waals surface area contributed by atoms with Gasteiger partial charge in [0.15, 0.2) is 0 Å². The average molecular weight is 415 g/mol. The molecular weight excluding hydrogens is 391 g/mol. The van der Waals surface area contributed by atoms with E-state index in [0.29, 0.717) is 15.6 Å². The molecule has 0 spiro atoms. The average Bonchev–Trinajstić information content (AvgIpc) is 2.27. The second-order valence-corrected chi connectivity index (χ2v) is 9.75. The zero-order chi connectivity index (χ0) is 14.4. The van der Waals surface area contributed by atoms with Crippen molar-refractivity contribution in [1.82, 2.24) is 0 Å². The molecule has 4 atom stereocenters. The molecule has 4 heteroatoms. The van der Waals surface area contributed by atoms with Crippen LogP contribution in [0, 0.1) is 5.92 Å². The molecule has 1 nitrogen and oxygen atoms in total. The Morgan fingerprint density at radius 1 is 1.21 bits per heavy atom. The predicted molar refractivity (Wildman–Crippen MR) is 89.5 cm³/mol. The maximum Gasteiger partial charge on any atom is 0.116 e. The largest absolute Gasteiger partial charge is 0.491 e. The number of hydrogen-bond donors (Lipinski definition) is 0. The minimum atomic E-state index is -0.114. The van der Waals surface area contributed by atoms with E-state index in [1.54, 1.807) is 0 Å². The maximum atomic E-state index is 6.53. The summed E-state index contributed by atoms with van der Waals surface area (Å²) < 4.78 is 6.12. The molecule has 0 aromatic heterocycles. The summed E-state index contributed by atoms with van der Waals surface area (Å²) in [4.78, 5) is 0.661. The molecule has 0 bridgehead atoms. The van der Waals surface area contributed by atoms with Gasteiger partial charge in [0, 0.05) is 4.83 Å². The summed E-state index contributed by atoms with van der Waals surface area (Å²) in [6.45, 7) is 8.56. The predicted octanol–water partition coefficient (Wildman–Crippen LogP) is 5.78. The summed E-state index contributed by atoms with van der Waals surface area (Å²) in [6.07, 6.45) is 4.42. The van der Waals surface area contributed by atoms with E-state index >= 15 is 0 Å². The lowest BCUT2D eigenvalue weighted by Crippen LogP contribution is -2.42. The van der Waals surface area contributed by atoms with Gasteiger partial charge in [-0.05, 0) is 64.9 Å². The smallest absolute Gasteiger partial charge is 0.116 e. The van der Waals surface area contributed by atoms with Crippen molar-refractivity contribution in [3.05, 3.63) is 11.3 Å². The molecule has 0 aromatic carbocycles. The molecule has 110 valence electrons. The Kier molecular flexibility index (Phi) is 4.71. The van der Waals surface area contributed by atoms with Gasteiger partial charge in [0.25, 0.3) is 0 Å². The molecule has 0 N–H and O–H groups in total. The van der Waals surface area contributed by atoms with Gasteiger partial charge in [0.2, 0.25) is 0 Å². The second kappa shape index (κ2) is 5.53. The highest BCUT2D eigenvalue weighted by Gasteiger charge is 2.42. The molecule has 2 aliphatic rings. The lowest BCUT2D eigenvalue weighted by Gasteiger charge is -2.43. The Morgan fingerprint density at radius 3 is 2.42 bits per heavy atom. The number of alkyl halides is 3. The SMILES string of the molecule is CC1=C([C@H]2CC[C@](C)(Cl)[C@@H](Br)C2)C[C@@H](Br)C(C)(C)O1. The second-order valence-electron chi connectivity index (χ2n) is 6.68. The van der Waals surface area contributed by atoms with E-state index in [4.69, 9.17) is 16.3 Å². The Hall–Kier alpha value is 0.790. The van der Waals surface area contributed by atoms with E-state index in [2.05, 4.69) is 59.6 Å². The van der Waals surface area contributed by atoms with Gasteiger partial charge in [-0.15, -0.1) is 11.6 Å². The fourth-order valence-electron chi connectivity index (χ4n) is 3.10. The van der Waals surface area contributed by atoms with Crippen molar-refractivity contribution in [3.8, 4) is 0 Å². The van der Waals surface area contributed by atoms with Gasteiger partial charge in [-0.1, -0.05) is 31.9 Å². The fourth-order valence-corrected chi connectivity index (χ4v) is 4.42. The number of ether oxygens (including phenoxy) is 1. The number of allylic oxidation sites excluding steroid dienone is 2. The van der Waals surface area contributed by atoms with E-state index in [-0.39, 0.29) is 10.5 Å². The summed E-state index contributed by atoms with van der Waals surface area (Å²) in [5.41, 5.74) is 1.37. The quantitative estimate of drug-likeness (QED) is 0.494. The van der Waals surface area contributed by atoms with Crippen LogP contribution in [0.3, 0.4) is 0 Å². The molecule has 1 fully saturated rings. The molecule has 0 unspecified atom stereocenters. The summed E-state index contributed by atoms with van der Waals surface area (Å²) in [5, 5.41) is 0. The van der Waals surface area contributed by atoms with Gasteiger partial charge in [0.1, 0.15) is 5.60 Å². The Labute approximate surface area is 138 Å². The number of rotatable bonds is 1. The molecule has 0 saturated heterocycles. The zero-order valence-corrected chi connectivity index (χ0v) is 16.0. The maximum absolute atomic E-state index is 6.53. The Morgan fingerprint density at radius 2 is 1.84 bits per heavy atom. The first-order valence-corrected chi connectivity index (χ1v) is 9.20. The van der Waals surface area contributed by atoms with Crippen LogP contribution in [-0.4, -0.2) is 20.1 Å². The molecule has 1 heterocycles. The highest BCUT2D eigenvalue weighted by atomic mass is 79.9. The lowest BCUT2D eigenvalue weighted by atomic mass is 9.75. The van der Waals surface area contributed by atoms with Crippen LogP contribution >= 0.6 is 43.5 Å². The van der Waals surface area contributed by atoms with Gasteiger partial charge in [0.05, 0.1) is 15.5 Å². The molecule has 0 aromatic rings. The van der Waals surface area contributed by atoms with Gasteiger partial charge >= 0.3 is 0 Å². The van der Waals surface area contributed by atoms with Crippen molar-refractivity contribution in [1.29, 1.82) is 0 Å². The fraction of sp³-hybridized carbons (Fsp3) is 0.867. The van der Waals surface area contributed by atoms with Gasteiger partial charge in [-0.25, -0.2) is 0 Å². The van der Waals surface area contributed by atoms with Crippen molar-refractivity contribution in [2.45, 2.75) is 73.5 Å². The third-order valence-corrected chi connectivity index (χ3v) is 8.17. The third-order valence-electron chi connectivity index (χ3n) is 4.64. The van der Waals surface area contributed by atoms with Crippen molar-refractivity contribution in [3.63, 3.8) is 0 Å². The van der Waals surface area contributed by atoms with Crippen LogP contribution < -0.4 is 0 Å². The van der Waals surface area contributed by atoms with Crippen LogP contribution in [0.4, 0.5) is 0 Å². The first-order valence-electron chi connectivity index (χ1n) is 6.99. The van der Waals surface area contributed by atoms with Crippen molar-refractivity contribution < 1.29 is 4.74 Å². The number of halogens is 3. The van der Waals surface area contributed by atoms with Crippen molar-refractivity contribution in [2.24, 2.45) is 5.92 Å². The molecule has 19 heavy (non-hydrogen) atoms. The zero-order valence-electron chi connectivity index (χ0n) is 12.1. The van der Waals surface area contributed by atoms with E-state index in [1.807, 2.05) is 0 Å². The van der Waals surface area contributed by atoms with Crippen LogP contribution in [0.5, 0.6) is 0 Å². The van der Waals surface area contributed by atoms with Crippen molar-refractivity contribution in [2.75, 3.05) is 0 Å². The normalized spacial score (nSPS) is 43.0. The molecule has 0 amide bonds. The summed E-state index contributed by atoms with van der Waals surface area (Å²) in [6, 6.07) is 0. The third kappa shape index (κ3) is 3.35. The van der Waals surface area contributed by atoms with E-state index in [9.17, 15) is 0 Å². The first kappa shape index (κ1) is 16.2. The highest BCUT2D eigenvalue weighted by molar-refractivity contribution is 9.09. The molecule has 1 aliphatic carbocycles. The Bertz CT molecular complexity index is 390. The molecule has 1 aliphatic heterocycles. The first-order chi connectivity index (χ1) is 8.63. The topological polar surface area (TPSA) is 9.23 Å². The van der Waals surface area contributed by atoms with Gasteiger partial charge < -0.3 is 4.74 Å². The minimum absolute atomic E-state index is 0.104. The summed E-state index contributed by atoms with van der Waals surface area (Å²) >= 11 is 14.1. The monoisotopic (exact) mass is 412 g/mol. The standard InChI is InChI=1S/C15H23Br2ClO/c1-9-11(8-12(16)14(2,3)19-9)10-5-6-15(4,18)13(17)7-10/h10,12-13H,5-8H2,1-4H3/t10-,12+,13-,15-/m0/s1. The highest BCUT2D eigenvalue weighted by Crippen LogP contribution is 2.47.